The van der Waals surface area contributed by atoms with Gasteiger partial charge in [-0.05, 0) is 37.1 Å². The molecule has 0 saturated heterocycles. The second kappa shape index (κ2) is 6.92. The number of sulfone groups is 2. The lowest BCUT2D eigenvalue weighted by molar-refractivity contribution is 0.510. The first-order valence-corrected chi connectivity index (χ1v) is 11.5. The number of benzene rings is 2. The van der Waals surface area contributed by atoms with E-state index in [1.54, 1.807) is 36.4 Å². The van der Waals surface area contributed by atoms with Gasteiger partial charge in [-0.25, -0.2) is 16.8 Å². The fourth-order valence-electron chi connectivity index (χ4n) is 3.58. The van der Waals surface area contributed by atoms with Crippen molar-refractivity contribution in [3.63, 3.8) is 0 Å². The molecule has 0 atom stereocenters. The molecular formula is C19H22O4S2. The Morgan fingerprint density at radius 3 is 1.28 bits per heavy atom. The van der Waals surface area contributed by atoms with Gasteiger partial charge in [0.25, 0.3) is 0 Å². The molecule has 0 N–H and O–H groups in total. The van der Waals surface area contributed by atoms with Crippen LogP contribution in [0.3, 0.4) is 0 Å². The van der Waals surface area contributed by atoms with Crippen LogP contribution in [0.25, 0.3) is 0 Å². The monoisotopic (exact) mass is 378 g/mol. The van der Waals surface area contributed by atoms with Gasteiger partial charge in [0.2, 0.25) is 0 Å². The summed E-state index contributed by atoms with van der Waals surface area (Å²) in [5.74, 6) is 0. The van der Waals surface area contributed by atoms with E-state index >= 15 is 0 Å². The van der Waals surface area contributed by atoms with Crippen LogP contribution >= 0.6 is 0 Å². The molecule has 4 nitrogen and oxygen atoms in total. The highest BCUT2D eigenvalue weighted by Gasteiger charge is 2.55. The minimum atomic E-state index is -4.04. The lowest BCUT2D eigenvalue weighted by atomic mass is 10.2. The third-order valence-corrected chi connectivity index (χ3v) is 10.8. The maximum Gasteiger partial charge on any atom is 0.198 e. The van der Waals surface area contributed by atoms with Crippen LogP contribution < -0.4 is 0 Å². The molecule has 0 radical (unpaired) electrons. The number of hydrogen-bond donors (Lipinski definition) is 0. The zero-order chi connectivity index (χ0) is 18.0. The van der Waals surface area contributed by atoms with Crippen molar-refractivity contribution in [1.29, 1.82) is 0 Å². The van der Waals surface area contributed by atoms with Crippen molar-refractivity contribution in [2.75, 3.05) is 0 Å². The lowest BCUT2D eigenvalue weighted by Gasteiger charge is -2.32. The van der Waals surface area contributed by atoms with Crippen LogP contribution in [-0.2, 0) is 19.7 Å². The first-order chi connectivity index (χ1) is 11.9. The van der Waals surface area contributed by atoms with Crippen molar-refractivity contribution in [3.05, 3.63) is 60.7 Å². The highest BCUT2D eigenvalue weighted by molar-refractivity contribution is 8.10. The Labute approximate surface area is 149 Å². The predicted octanol–water partition coefficient (Wildman–Crippen LogP) is 3.98. The van der Waals surface area contributed by atoms with E-state index in [0.717, 1.165) is 12.8 Å². The summed E-state index contributed by atoms with van der Waals surface area (Å²) in [4.78, 5) is 0.160. The largest absolute Gasteiger partial charge is 0.222 e. The molecule has 0 bridgehead atoms. The molecule has 2 aromatic rings. The average Bonchev–Trinajstić information content (AvgIpc) is 2.91. The molecule has 3 rings (SSSR count). The molecule has 0 aliphatic heterocycles. The molecule has 0 unspecified atom stereocenters. The Morgan fingerprint density at radius 2 is 0.920 bits per heavy atom. The zero-order valence-corrected chi connectivity index (χ0v) is 15.6. The SMILES string of the molecule is O=S(=O)(c1ccccc1)C1(S(=O)(=O)c2ccccc2)CCCCCC1. The summed E-state index contributed by atoms with van der Waals surface area (Å²) in [6.45, 7) is 0. The molecule has 0 heterocycles. The molecule has 134 valence electrons. The van der Waals surface area contributed by atoms with Gasteiger partial charge in [0.15, 0.2) is 23.8 Å². The minimum Gasteiger partial charge on any atom is -0.222 e. The summed E-state index contributed by atoms with van der Waals surface area (Å²) in [5.41, 5.74) is 0. The molecule has 0 spiro atoms. The van der Waals surface area contributed by atoms with Crippen LogP contribution in [0.2, 0.25) is 0 Å². The van der Waals surface area contributed by atoms with Crippen molar-refractivity contribution in [1.82, 2.24) is 0 Å². The van der Waals surface area contributed by atoms with Crippen LogP contribution in [0.4, 0.5) is 0 Å². The van der Waals surface area contributed by atoms with Gasteiger partial charge in [-0.2, -0.15) is 0 Å². The van der Waals surface area contributed by atoms with E-state index in [2.05, 4.69) is 0 Å². The molecular weight excluding hydrogens is 356 g/mol. The Morgan fingerprint density at radius 1 is 0.560 bits per heavy atom. The van der Waals surface area contributed by atoms with E-state index in [1.165, 1.54) is 24.3 Å². The fourth-order valence-corrected chi connectivity index (χ4v) is 8.85. The third kappa shape index (κ3) is 3.02. The van der Waals surface area contributed by atoms with Gasteiger partial charge in [0.05, 0.1) is 9.79 Å². The highest BCUT2D eigenvalue weighted by atomic mass is 32.3. The molecule has 2 aromatic carbocycles. The maximum absolute atomic E-state index is 13.5. The molecule has 0 amide bonds. The molecule has 1 fully saturated rings. The zero-order valence-electron chi connectivity index (χ0n) is 14.0. The third-order valence-electron chi connectivity index (χ3n) is 4.95. The van der Waals surface area contributed by atoms with Gasteiger partial charge < -0.3 is 0 Å². The first-order valence-electron chi connectivity index (χ1n) is 8.51. The smallest absolute Gasteiger partial charge is 0.198 e. The van der Waals surface area contributed by atoms with Crippen molar-refractivity contribution in [3.8, 4) is 0 Å². The molecule has 1 aliphatic rings. The minimum absolute atomic E-state index is 0.0800. The normalized spacial score (nSPS) is 18.4. The van der Waals surface area contributed by atoms with Crippen molar-refractivity contribution >= 4 is 19.7 Å². The Kier molecular flexibility index (Phi) is 5.02. The molecule has 1 saturated carbocycles. The van der Waals surface area contributed by atoms with Gasteiger partial charge in [-0.1, -0.05) is 62.1 Å². The van der Waals surface area contributed by atoms with Crippen molar-refractivity contribution in [2.24, 2.45) is 0 Å². The molecule has 1 aliphatic carbocycles. The predicted molar refractivity (Wildman–Crippen MR) is 97.7 cm³/mol. The van der Waals surface area contributed by atoms with E-state index in [9.17, 15) is 16.8 Å². The van der Waals surface area contributed by atoms with E-state index < -0.39 is 23.8 Å². The standard InChI is InChI=1S/C19H22O4S2/c20-24(21,17-11-5-3-6-12-17)19(15-9-1-2-10-16-19)25(22,23)18-13-7-4-8-14-18/h3-8,11-14H,1-2,9-10,15-16H2. The summed E-state index contributed by atoms with van der Waals surface area (Å²) in [6, 6.07) is 15.9. The maximum atomic E-state index is 13.5. The van der Waals surface area contributed by atoms with Crippen LogP contribution in [0.15, 0.2) is 70.5 Å². The fraction of sp³-hybridized carbons (Fsp3) is 0.368. The Bertz CT molecular complexity index is 838. The van der Waals surface area contributed by atoms with Gasteiger partial charge in [-0.3, -0.25) is 0 Å². The topological polar surface area (TPSA) is 68.3 Å². The second-order valence-electron chi connectivity index (χ2n) is 6.46. The summed E-state index contributed by atoms with van der Waals surface area (Å²) in [5, 5.41) is 0. The Hall–Kier alpha value is -1.66. The van der Waals surface area contributed by atoms with E-state index in [4.69, 9.17) is 0 Å². The van der Waals surface area contributed by atoms with Gasteiger partial charge in [0, 0.05) is 0 Å². The Balaban J connectivity index is 2.25. The van der Waals surface area contributed by atoms with E-state index in [-0.39, 0.29) is 22.6 Å². The van der Waals surface area contributed by atoms with E-state index in [1.807, 2.05) is 0 Å². The first kappa shape index (κ1) is 18.1. The highest BCUT2D eigenvalue weighted by Crippen LogP contribution is 2.44. The number of rotatable bonds is 4. The van der Waals surface area contributed by atoms with Crippen LogP contribution in [-0.4, -0.2) is 20.9 Å². The van der Waals surface area contributed by atoms with Crippen molar-refractivity contribution < 1.29 is 16.8 Å². The number of hydrogen-bond acceptors (Lipinski definition) is 4. The lowest BCUT2D eigenvalue weighted by Crippen LogP contribution is -2.46. The summed E-state index contributed by atoms with van der Waals surface area (Å²) in [6.07, 6.45) is 3.19. The summed E-state index contributed by atoms with van der Waals surface area (Å²) in [7, 11) is -8.08. The van der Waals surface area contributed by atoms with E-state index in [0.29, 0.717) is 12.8 Å². The second-order valence-corrected chi connectivity index (χ2v) is 11.2. The van der Waals surface area contributed by atoms with Crippen LogP contribution in [0.5, 0.6) is 0 Å². The van der Waals surface area contributed by atoms with Gasteiger partial charge in [0.1, 0.15) is 0 Å². The van der Waals surface area contributed by atoms with Gasteiger partial charge in [-0.15, -0.1) is 0 Å². The summed E-state index contributed by atoms with van der Waals surface area (Å²) < 4.78 is 52.2. The molecule has 25 heavy (non-hydrogen) atoms. The molecule has 6 heteroatoms. The average molecular weight is 379 g/mol. The van der Waals surface area contributed by atoms with Crippen LogP contribution in [0, 0.1) is 0 Å². The molecule has 0 aromatic heterocycles. The summed E-state index contributed by atoms with van der Waals surface area (Å²) >= 11 is 0. The van der Waals surface area contributed by atoms with Crippen molar-refractivity contribution in [2.45, 2.75) is 52.4 Å². The van der Waals surface area contributed by atoms with Gasteiger partial charge >= 0.3 is 0 Å². The quantitative estimate of drug-likeness (QED) is 0.755. The van der Waals surface area contributed by atoms with Crippen LogP contribution in [0.1, 0.15) is 38.5 Å².